The molecule has 7 heteroatoms. The predicted octanol–water partition coefficient (Wildman–Crippen LogP) is 3.76. The summed E-state index contributed by atoms with van der Waals surface area (Å²) in [5.41, 5.74) is -1.81. The largest absolute Gasteiger partial charge is 0.491 e. The molecule has 0 N–H and O–H groups in total. The van der Waals surface area contributed by atoms with Crippen molar-refractivity contribution in [3.05, 3.63) is 54.6 Å². The fourth-order valence-electron chi connectivity index (χ4n) is 2.63. The molecule has 0 amide bonds. The van der Waals surface area contributed by atoms with Crippen LogP contribution in [0.1, 0.15) is 26.7 Å². The molecule has 0 saturated heterocycles. The fourth-order valence-corrected chi connectivity index (χ4v) is 2.63. The summed E-state index contributed by atoms with van der Waals surface area (Å²) in [6, 6.07) is 1.97. The molecule has 1 aromatic rings. The lowest BCUT2D eigenvalue weighted by atomic mass is 9.77. The first-order chi connectivity index (χ1) is 13.4. The van der Waals surface area contributed by atoms with E-state index in [0.717, 1.165) is 19.2 Å². The molecule has 0 heterocycles. The van der Waals surface area contributed by atoms with Gasteiger partial charge in [-0.1, -0.05) is 38.6 Å². The van der Waals surface area contributed by atoms with E-state index in [1.165, 1.54) is 12.2 Å². The van der Waals surface area contributed by atoms with Gasteiger partial charge in [-0.25, -0.2) is 8.78 Å². The molecule has 5 nitrogen and oxygen atoms in total. The van der Waals surface area contributed by atoms with E-state index < -0.39 is 34.7 Å². The minimum Gasteiger partial charge on any atom is -0.491 e. The van der Waals surface area contributed by atoms with Crippen LogP contribution in [0.2, 0.25) is 0 Å². The smallest absolute Gasteiger partial charge is 0.324 e. The molecule has 0 bridgehead atoms. The number of hydrogen-bond donors (Lipinski definition) is 0. The quantitative estimate of drug-likeness (QED) is 0.330. The third-order valence-electron chi connectivity index (χ3n) is 3.82. The maximum atomic E-state index is 14.1. The van der Waals surface area contributed by atoms with Gasteiger partial charge in [-0.3, -0.25) is 9.59 Å². The Morgan fingerprint density at radius 3 is 2.07 bits per heavy atom. The fraction of sp³-hybridized carbons (Fsp3) is 0.400. The van der Waals surface area contributed by atoms with Gasteiger partial charge >= 0.3 is 11.9 Å². The third kappa shape index (κ3) is 5.39. The minimum absolute atomic E-state index is 0.0480. The van der Waals surface area contributed by atoms with E-state index in [2.05, 4.69) is 17.9 Å². The summed E-state index contributed by atoms with van der Waals surface area (Å²) in [5, 5.41) is 0. The Morgan fingerprint density at radius 2 is 1.67 bits per heavy atom. The molecule has 1 aromatic carbocycles. The second kappa shape index (κ2) is 10.4. The molecule has 27 heavy (non-hydrogen) atoms. The van der Waals surface area contributed by atoms with Crippen molar-refractivity contribution in [2.24, 2.45) is 5.41 Å². The number of halogens is 2. The van der Waals surface area contributed by atoms with E-state index in [1.54, 1.807) is 0 Å². The predicted molar refractivity (Wildman–Crippen MR) is 96.3 cm³/mol. The van der Waals surface area contributed by atoms with Gasteiger partial charge in [0.2, 0.25) is 0 Å². The highest BCUT2D eigenvalue weighted by Gasteiger charge is 2.48. The molecule has 0 unspecified atom stereocenters. The first-order valence-electron chi connectivity index (χ1n) is 8.94. The van der Waals surface area contributed by atoms with Crippen LogP contribution in [0.25, 0.3) is 0 Å². The number of hydrogen-bond acceptors (Lipinski definition) is 5. The van der Waals surface area contributed by atoms with Crippen LogP contribution in [-0.2, 0) is 25.5 Å². The molecule has 0 spiro atoms. The van der Waals surface area contributed by atoms with Crippen molar-refractivity contribution in [3.63, 3.8) is 0 Å². The van der Waals surface area contributed by atoms with Crippen LogP contribution in [0.15, 0.2) is 37.4 Å². The van der Waals surface area contributed by atoms with E-state index in [1.807, 2.05) is 0 Å². The van der Waals surface area contributed by atoms with Crippen molar-refractivity contribution in [2.75, 3.05) is 20.3 Å². The lowest BCUT2D eigenvalue weighted by Gasteiger charge is -2.29. The molecular weight excluding hydrogens is 358 g/mol. The van der Waals surface area contributed by atoms with Gasteiger partial charge in [-0.2, -0.15) is 0 Å². The van der Waals surface area contributed by atoms with Gasteiger partial charge in [0, 0.05) is 1.37 Å². The molecule has 0 atom stereocenters. The van der Waals surface area contributed by atoms with Gasteiger partial charge in [0.05, 0.1) is 7.11 Å². The standard InChI is InChI=1S/C20H24F2O5/c1-5-8-20(18(23)26-9-6-2,19(24)27-10-7-3)13-14-11-15(21)17(25-4)16(22)12-14/h6-7,11-12H,2-3,5,8-10,13H2,1,4H3/i1T. The minimum atomic E-state index is -1.86. The number of carbonyl (C=O) groups is 2. The van der Waals surface area contributed by atoms with Crippen LogP contribution in [-0.4, -0.2) is 32.3 Å². The lowest BCUT2D eigenvalue weighted by Crippen LogP contribution is -2.44. The number of ether oxygens (including phenoxy) is 3. The number of methoxy groups -OCH3 is 1. The summed E-state index contributed by atoms with van der Waals surface area (Å²) in [7, 11) is 1.12. The molecule has 1 rings (SSSR count). The van der Waals surface area contributed by atoms with Crippen LogP contribution in [0.3, 0.4) is 0 Å². The summed E-state index contributed by atoms with van der Waals surface area (Å²) < 4.78 is 50.4. The molecule has 148 valence electrons. The number of rotatable bonds is 11. The Labute approximate surface area is 159 Å². The number of esters is 2. The van der Waals surface area contributed by atoms with Crippen LogP contribution in [0.5, 0.6) is 5.75 Å². The Kier molecular flexibility index (Phi) is 7.98. The monoisotopic (exact) mass is 384 g/mol. The Hall–Kier alpha value is -2.70. The summed E-state index contributed by atoms with van der Waals surface area (Å²) >= 11 is 0. The summed E-state index contributed by atoms with van der Waals surface area (Å²) in [5.74, 6) is -4.32. The Morgan fingerprint density at radius 1 is 1.15 bits per heavy atom. The average Bonchev–Trinajstić information content (AvgIpc) is 2.67. The molecule has 0 aliphatic rings. The molecule has 0 aliphatic heterocycles. The second-order valence-electron chi connectivity index (χ2n) is 5.73. The normalized spacial score (nSPS) is 11.3. The van der Waals surface area contributed by atoms with Crippen LogP contribution in [0, 0.1) is 17.0 Å². The van der Waals surface area contributed by atoms with Crippen molar-refractivity contribution in [3.8, 4) is 5.75 Å². The topological polar surface area (TPSA) is 61.8 Å². The van der Waals surface area contributed by atoms with Crippen molar-refractivity contribution < 1.29 is 34.0 Å². The lowest BCUT2D eigenvalue weighted by molar-refractivity contribution is -0.172. The molecule has 0 aliphatic carbocycles. The van der Waals surface area contributed by atoms with Crippen LogP contribution >= 0.6 is 0 Å². The van der Waals surface area contributed by atoms with Gasteiger partial charge in [0.15, 0.2) is 22.8 Å². The summed E-state index contributed by atoms with van der Waals surface area (Å²) in [6.45, 7) is 6.53. The molecule has 0 radical (unpaired) electrons. The van der Waals surface area contributed by atoms with Crippen molar-refractivity contribution >= 4 is 11.9 Å². The van der Waals surface area contributed by atoms with Crippen molar-refractivity contribution in [1.82, 2.24) is 0 Å². The highest BCUT2D eigenvalue weighted by atomic mass is 19.1. The van der Waals surface area contributed by atoms with Gasteiger partial charge in [0.25, 0.3) is 0 Å². The van der Waals surface area contributed by atoms with Crippen molar-refractivity contribution in [2.45, 2.75) is 26.2 Å². The third-order valence-corrected chi connectivity index (χ3v) is 3.82. The number of benzene rings is 1. The van der Waals surface area contributed by atoms with E-state index in [4.69, 9.17) is 10.8 Å². The summed E-state index contributed by atoms with van der Waals surface area (Å²) in [4.78, 5) is 25.5. The maximum absolute atomic E-state index is 14.1. The second-order valence-corrected chi connectivity index (χ2v) is 5.73. The first kappa shape index (κ1) is 20.6. The molecular formula is C20H24F2O5. The zero-order valence-corrected chi connectivity index (χ0v) is 15.3. The number of carbonyl (C=O) groups excluding carboxylic acids is 2. The maximum Gasteiger partial charge on any atom is 0.324 e. The first-order valence-corrected chi connectivity index (χ1v) is 8.23. The molecule has 0 aromatic heterocycles. The van der Waals surface area contributed by atoms with Crippen molar-refractivity contribution in [1.29, 1.82) is 0 Å². The van der Waals surface area contributed by atoms with Gasteiger partial charge in [-0.15, -0.1) is 0 Å². The van der Waals surface area contributed by atoms with Gasteiger partial charge < -0.3 is 14.2 Å². The highest BCUT2D eigenvalue weighted by molar-refractivity contribution is 6.00. The van der Waals surface area contributed by atoms with E-state index >= 15 is 0 Å². The Balaban J connectivity index is 3.40. The SMILES string of the molecule is [3H]CCCC(Cc1cc(F)c(OC)c(F)c1)(C(=O)OCC=C)C(=O)OCC=C. The summed E-state index contributed by atoms with van der Waals surface area (Å²) in [6.07, 6.45) is 2.38. The van der Waals surface area contributed by atoms with Gasteiger partial charge in [0.1, 0.15) is 13.2 Å². The van der Waals surface area contributed by atoms with E-state index in [-0.39, 0.29) is 44.9 Å². The molecule has 0 fully saturated rings. The highest BCUT2D eigenvalue weighted by Crippen LogP contribution is 2.34. The van der Waals surface area contributed by atoms with Gasteiger partial charge in [-0.05, 0) is 30.5 Å². The Bertz CT molecular complexity index is 674. The van der Waals surface area contributed by atoms with Crippen LogP contribution in [0.4, 0.5) is 8.78 Å². The average molecular weight is 384 g/mol. The zero-order valence-electron chi connectivity index (χ0n) is 16.3. The van der Waals surface area contributed by atoms with E-state index in [9.17, 15) is 18.4 Å². The molecule has 0 saturated carbocycles. The van der Waals surface area contributed by atoms with Crippen LogP contribution < -0.4 is 4.74 Å². The van der Waals surface area contributed by atoms with E-state index in [0.29, 0.717) is 0 Å². The zero-order chi connectivity index (χ0) is 21.2.